The largest absolute Gasteiger partial charge is 0.493 e. The van der Waals surface area contributed by atoms with Gasteiger partial charge >= 0.3 is 0 Å². The molecular formula is C22H20ClFINO2. The molecule has 0 aliphatic rings. The lowest BCUT2D eigenvalue weighted by Gasteiger charge is -2.15. The molecule has 0 aliphatic heterocycles. The molecule has 6 heteroatoms. The number of methoxy groups -OCH3 is 1. The second-order valence-electron chi connectivity index (χ2n) is 6.35. The van der Waals surface area contributed by atoms with E-state index < -0.39 is 0 Å². The fourth-order valence-electron chi connectivity index (χ4n) is 2.70. The van der Waals surface area contributed by atoms with Crippen LogP contribution in [0.3, 0.4) is 0 Å². The summed E-state index contributed by atoms with van der Waals surface area (Å²) in [7, 11) is 1.61. The third kappa shape index (κ3) is 5.29. The van der Waals surface area contributed by atoms with Gasteiger partial charge in [0.05, 0.1) is 10.7 Å². The molecule has 0 amide bonds. The Morgan fingerprint density at radius 2 is 1.89 bits per heavy atom. The molecule has 0 aliphatic carbocycles. The Hall–Kier alpha value is -1.99. The maximum atomic E-state index is 13.3. The normalized spacial score (nSPS) is 10.6. The van der Waals surface area contributed by atoms with Crippen LogP contribution >= 0.6 is 34.2 Å². The molecule has 28 heavy (non-hydrogen) atoms. The van der Waals surface area contributed by atoms with Crippen molar-refractivity contribution in [2.75, 3.05) is 12.4 Å². The molecule has 3 nitrogen and oxygen atoms in total. The average molecular weight is 512 g/mol. The molecule has 0 unspecified atom stereocenters. The average Bonchev–Trinajstić information content (AvgIpc) is 2.67. The summed E-state index contributed by atoms with van der Waals surface area (Å²) in [6.45, 7) is 2.86. The molecule has 0 aromatic heterocycles. The van der Waals surface area contributed by atoms with Crippen molar-refractivity contribution < 1.29 is 13.9 Å². The van der Waals surface area contributed by atoms with E-state index in [1.165, 1.54) is 12.1 Å². The van der Waals surface area contributed by atoms with Gasteiger partial charge in [0.1, 0.15) is 12.4 Å². The Kier molecular flexibility index (Phi) is 7.02. The number of halogens is 3. The van der Waals surface area contributed by atoms with E-state index in [9.17, 15) is 4.39 Å². The molecule has 0 heterocycles. The first kappa shape index (κ1) is 20.7. The van der Waals surface area contributed by atoms with Gasteiger partial charge < -0.3 is 14.8 Å². The Morgan fingerprint density at radius 3 is 2.61 bits per heavy atom. The summed E-state index contributed by atoms with van der Waals surface area (Å²) in [4.78, 5) is 0. The summed E-state index contributed by atoms with van der Waals surface area (Å²) >= 11 is 8.40. The van der Waals surface area contributed by atoms with Gasteiger partial charge in [-0.25, -0.2) is 4.39 Å². The zero-order valence-corrected chi connectivity index (χ0v) is 18.5. The summed E-state index contributed by atoms with van der Waals surface area (Å²) in [6, 6.07) is 16.2. The van der Waals surface area contributed by atoms with Crippen molar-refractivity contribution >= 4 is 39.9 Å². The van der Waals surface area contributed by atoms with Crippen molar-refractivity contribution in [3.8, 4) is 11.5 Å². The lowest BCUT2D eigenvalue weighted by molar-refractivity contribution is 0.281. The van der Waals surface area contributed by atoms with Gasteiger partial charge in [0.25, 0.3) is 0 Å². The van der Waals surface area contributed by atoms with Crippen LogP contribution in [-0.2, 0) is 13.2 Å². The van der Waals surface area contributed by atoms with Gasteiger partial charge in [0.2, 0.25) is 0 Å². The maximum absolute atomic E-state index is 13.3. The van der Waals surface area contributed by atoms with Gasteiger partial charge in [-0.15, -0.1) is 0 Å². The highest BCUT2D eigenvalue weighted by Crippen LogP contribution is 2.35. The van der Waals surface area contributed by atoms with Crippen LogP contribution in [0.2, 0.25) is 5.02 Å². The lowest BCUT2D eigenvalue weighted by Crippen LogP contribution is -2.04. The summed E-state index contributed by atoms with van der Waals surface area (Å²) in [5.74, 6) is 1.01. The van der Waals surface area contributed by atoms with E-state index in [0.717, 1.165) is 31.0 Å². The van der Waals surface area contributed by atoms with Crippen LogP contribution in [0, 0.1) is 16.3 Å². The van der Waals surface area contributed by atoms with E-state index in [0.29, 0.717) is 18.0 Å². The van der Waals surface area contributed by atoms with Crippen LogP contribution in [0.5, 0.6) is 11.5 Å². The second-order valence-corrected chi connectivity index (χ2v) is 7.91. The predicted molar refractivity (Wildman–Crippen MR) is 120 cm³/mol. The highest BCUT2D eigenvalue weighted by atomic mass is 127. The molecule has 3 rings (SSSR count). The van der Waals surface area contributed by atoms with Crippen LogP contribution in [0.15, 0.2) is 54.6 Å². The first-order valence-electron chi connectivity index (χ1n) is 8.70. The quantitative estimate of drug-likeness (QED) is 0.363. The molecule has 3 aromatic carbocycles. The van der Waals surface area contributed by atoms with Crippen LogP contribution in [0.4, 0.5) is 10.1 Å². The fourth-order valence-corrected chi connectivity index (χ4v) is 3.71. The first-order chi connectivity index (χ1) is 13.5. The maximum Gasteiger partial charge on any atom is 0.174 e. The second kappa shape index (κ2) is 9.47. The third-order valence-electron chi connectivity index (χ3n) is 4.23. The number of benzene rings is 3. The van der Waals surface area contributed by atoms with E-state index in [4.69, 9.17) is 21.1 Å². The molecule has 1 N–H and O–H groups in total. The zero-order chi connectivity index (χ0) is 20.1. The number of nitrogens with one attached hydrogen (secondary N) is 1. The Balaban J connectivity index is 1.72. The van der Waals surface area contributed by atoms with Crippen molar-refractivity contribution in [1.82, 2.24) is 0 Å². The molecule has 3 aromatic rings. The van der Waals surface area contributed by atoms with E-state index in [2.05, 4.69) is 27.9 Å². The Bertz CT molecular complexity index is 981. The smallest absolute Gasteiger partial charge is 0.174 e. The lowest BCUT2D eigenvalue weighted by atomic mass is 10.1. The topological polar surface area (TPSA) is 30.5 Å². The summed E-state index contributed by atoms with van der Waals surface area (Å²) in [6.07, 6.45) is 0. The van der Waals surface area contributed by atoms with Crippen LogP contribution in [0.1, 0.15) is 16.7 Å². The molecule has 0 saturated carbocycles. The zero-order valence-electron chi connectivity index (χ0n) is 15.6. The highest BCUT2D eigenvalue weighted by Gasteiger charge is 2.12. The number of anilines is 1. The van der Waals surface area contributed by atoms with Gasteiger partial charge in [-0.2, -0.15) is 0 Å². The number of hydrogen-bond acceptors (Lipinski definition) is 3. The monoisotopic (exact) mass is 511 g/mol. The molecule has 0 bridgehead atoms. The minimum Gasteiger partial charge on any atom is -0.493 e. The Labute approximate surface area is 183 Å². The van der Waals surface area contributed by atoms with Gasteiger partial charge in [-0.05, 0) is 82.6 Å². The molecular weight excluding hydrogens is 492 g/mol. The van der Waals surface area contributed by atoms with E-state index in [-0.39, 0.29) is 12.4 Å². The van der Waals surface area contributed by atoms with Gasteiger partial charge in [0, 0.05) is 17.3 Å². The minimum atomic E-state index is -0.277. The summed E-state index contributed by atoms with van der Waals surface area (Å²) in [5, 5.41) is 4.10. The number of aryl methyl sites for hydroxylation is 1. The molecule has 0 atom stereocenters. The number of rotatable bonds is 7. The standard InChI is InChI=1S/C22H20ClFINO2/c1-14-6-7-18(11-19(14)23)26-12-16-9-20(25)22(21(10-16)27-2)28-13-15-4-3-5-17(24)8-15/h3-11,26H,12-13H2,1-2H3. The SMILES string of the molecule is COc1cc(CNc2ccc(C)c(Cl)c2)cc(I)c1OCc1cccc(F)c1. The van der Waals surface area contributed by atoms with Gasteiger partial charge in [-0.3, -0.25) is 0 Å². The highest BCUT2D eigenvalue weighted by molar-refractivity contribution is 14.1. The number of ether oxygens (including phenoxy) is 2. The van der Waals surface area contributed by atoms with E-state index in [1.807, 2.05) is 43.3 Å². The molecule has 0 spiro atoms. The fraction of sp³-hybridized carbons (Fsp3) is 0.182. The molecule has 0 radical (unpaired) electrons. The predicted octanol–water partition coefficient (Wildman–Crippen LogP) is 6.59. The molecule has 0 fully saturated rings. The van der Waals surface area contributed by atoms with E-state index in [1.54, 1.807) is 13.2 Å². The van der Waals surface area contributed by atoms with Gasteiger partial charge in [-0.1, -0.05) is 29.8 Å². The van der Waals surface area contributed by atoms with Crippen molar-refractivity contribution in [2.45, 2.75) is 20.1 Å². The van der Waals surface area contributed by atoms with Crippen LogP contribution < -0.4 is 14.8 Å². The van der Waals surface area contributed by atoms with Gasteiger partial charge in [0.15, 0.2) is 11.5 Å². The summed E-state index contributed by atoms with van der Waals surface area (Å²) in [5.41, 5.74) is 3.81. The molecule has 146 valence electrons. The molecule has 0 saturated heterocycles. The van der Waals surface area contributed by atoms with Crippen LogP contribution in [0.25, 0.3) is 0 Å². The summed E-state index contributed by atoms with van der Waals surface area (Å²) < 4.78 is 25.7. The Morgan fingerprint density at radius 1 is 1.07 bits per heavy atom. The first-order valence-corrected chi connectivity index (χ1v) is 10.2. The minimum absolute atomic E-state index is 0.267. The third-order valence-corrected chi connectivity index (χ3v) is 5.44. The van der Waals surface area contributed by atoms with Crippen LogP contribution in [-0.4, -0.2) is 7.11 Å². The number of hydrogen-bond donors (Lipinski definition) is 1. The van der Waals surface area contributed by atoms with Crippen molar-refractivity contribution in [3.63, 3.8) is 0 Å². The van der Waals surface area contributed by atoms with Crippen molar-refractivity contribution in [3.05, 3.63) is 85.7 Å². The van der Waals surface area contributed by atoms with Crippen molar-refractivity contribution in [2.24, 2.45) is 0 Å². The van der Waals surface area contributed by atoms with E-state index >= 15 is 0 Å². The van der Waals surface area contributed by atoms with Crippen molar-refractivity contribution in [1.29, 1.82) is 0 Å².